The molecule has 1 N–H and O–H groups in total. The second-order valence-corrected chi connectivity index (χ2v) is 6.23. The molecule has 25 heavy (non-hydrogen) atoms. The molecule has 0 fully saturated rings. The number of hydrogen-bond acceptors (Lipinski definition) is 3. The van der Waals surface area contributed by atoms with Gasteiger partial charge in [0.05, 0.1) is 13.2 Å². The van der Waals surface area contributed by atoms with Crippen molar-refractivity contribution in [1.82, 2.24) is 10.2 Å². The first kappa shape index (κ1) is 19.2. The zero-order valence-electron chi connectivity index (χ0n) is 14.2. The van der Waals surface area contributed by atoms with E-state index in [1.54, 1.807) is 24.3 Å². The summed E-state index contributed by atoms with van der Waals surface area (Å²) in [7, 11) is 1.89. The summed E-state index contributed by atoms with van der Waals surface area (Å²) in [6.07, 6.45) is 0.776. The minimum Gasteiger partial charge on any atom is -0.494 e. The monoisotopic (exact) mass is 364 g/mol. The maximum absolute atomic E-state index is 12.8. The van der Waals surface area contributed by atoms with Crippen LogP contribution in [0.2, 0.25) is 5.02 Å². The van der Waals surface area contributed by atoms with Crippen molar-refractivity contribution in [3.63, 3.8) is 0 Å². The SMILES string of the molecule is CN(CCCOc1ccc(F)cc1)CC(=O)NCc1ccc(Cl)cc1. The fraction of sp³-hybridized carbons (Fsp3) is 0.316. The molecule has 0 saturated heterocycles. The molecule has 0 atom stereocenters. The molecule has 0 unspecified atom stereocenters. The molecule has 0 spiro atoms. The number of carbonyl (C=O) groups excluding carboxylic acids is 1. The molecule has 1 amide bonds. The Balaban J connectivity index is 1.59. The van der Waals surface area contributed by atoms with E-state index in [1.165, 1.54) is 12.1 Å². The van der Waals surface area contributed by atoms with Crippen LogP contribution in [0.25, 0.3) is 0 Å². The number of nitrogens with zero attached hydrogens (tertiary/aromatic N) is 1. The van der Waals surface area contributed by atoms with E-state index in [-0.39, 0.29) is 11.7 Å². The van der Waals surface area contributed by atoms with Crippen LogP contribution in [0.1, 0.15) is 12.0 Å². The fourth-order valence-corrected chi connectivity index (χ4v) is 2.36. The lowest BCUT2D eigenvalue weighted by molar-refractivity contribution is -0.122. The highest BCUT2D eigenvalue weighted by atomic mass is 35.5. The summed E-state index contributed by atoms with van der Waals surface area (Å²) in [5, 5.41) is 3.56. The van der Waals surface area contributed by atoms with Gasteiger partial charge in [0.2, 0.25) is 5.91 Å². The van der Waals surface area contributed by atoms with E-state index in [0.29, 0.717) is 30.5 Å². The average Bonchev–Trinajstić information content (AvgIpc) is 2.60. The van der Waals surface area contributed by atoms with Gasteiger partial charge in [-0.2, -0.15) is 0 Å². The Morgan fingerprint density at radius 2 is 1.84 bits per heavy atom. The highest BCUT2D eigenvalue weighted by molar-refractivity contribution is 6.30. The predicted octanol–water partition coefficient (Wildman–Crippen LogP) is 3.50. The van der Waals surface area contributed by atoms with Crippen LogP contribution in [0.5, 0.6) is 5.75 Å². The van der Waals surface area contributed by atoms with Crippen LogP contribution < -0.4 is 10.1 Å². The fourth-order valence-electron chi connectivity index (χ4n) is 2.24. The largest absolute Gasteiger partial charge is 0.494 e. The van der Waals surface area contributed by atoms with E-state index in [9.17, 15) is 9.18 Å². The highest BCUT2D eigenvalue weighted by Gasteiger charge is 2.06. The Morgan fingerprint density at radius 3 is 2.52 bits per heavy atom. The number of carbonyl (C=O) groups is 1. The van der Waals surface area contributed by atoms with Crippen LogP contribution in [-0.4, -0.2) is 37.6 Å². The van der Waals surface area contributed by atoms with Crippen molar-refractivity contribution in [2.24, 2.45) is 0 Å². The Kier molecular flexibility index (Phi) is 7.70. The molecule has 0 aliphatic rings. The number of rotatable bonds is 9. The maximum Gasteiger partial charge on any atom is 0.234 e. The molecule has 0 aliphatic heterocycles. The van der Waals surface area contributed by atoms with Gasteiger partial charge in [-0.25, -0.2) is 4.39 Å². The summed E-state index contributed by atoms with van der Waals surface area (Å²) in [5.74, 6) is 0.332. The van der Waals surface area contributed by atoms with Gasteiger partial charge in [-0.15, -0.1) is 0 Å². The van der Waals surface area contributed by atoms with Gasteiger partial charge in [0.1, 0.15) is 11.6 Å². The number of ether oxygens (including phenoxy) is 1. The molecule has 2 aromatic rings. The lowest BCUT2D eigenvalue weighted by Crippen LogP contribution is -2.35. The van der Waals surface area contributed by atoms with Gasteiger partial charge < -0.3 is 10.1 Å². The Morgan fingerprint density at radius 1 is 1.16 bits per heavy atom. The molecule has 0 heterocycles. The van der Waals surface area contributed by atoms with Crippen LogP contribution in [0.4, 0.5) is 4.39 Å². The highest BCUT2D eigenvalue weighted by Crippen LogP contribution is 2.11. The van der Waals surface area contributed by atoms with Gasteiger partial charge in [0.25, 0.3) is 0 Å². The van der Waals surface area contributed by atoms with Gasteiger partial charge >= 0.3 is 0 Å². The lowest BCUT2D eigenvalue weighted by atomic mass is 10.2. The van der Waals surface area contributed by atoms with Crippen molar-refractivity contribution in [2.45, 2.75) is 13.0 Å². The van der Waals surface area contributed by atoms with Crippen LogP contribution in [0.3, 0.4) is 0 Å². The molecule has 0 aromatic heterocycles. The van der Waals surface area contributed by atoms with Crippen LogP contribution in [0, 0.1) is 5.82 Å². The Bertz CT molecular complexity index is 662. The molecular weight excluding hydrogens is 343 g/mol. The van der Waals surface area contributed by atoms with Crippen molar-refractivity contribution in [3.05, 3.63) is 64.9 Å². The number of hydrogen-bond donors (Lipinski definition) is 1. The van der Waals surface area contributed by atoms with Crippen molar-refractivity contribution in [1.29, 1.82) is 0 Å². The Hall–Kier alpha value is -2.11. The number of likely N-dealkylation sites (N-methyl/N-ethyl adjacent to an activating group) is 1. The van der Waals surface area contributed by atoms with Crippen LogP contribution >= 0.6 is 11.6 Å². The van der Waals surface area contributed by atoms with Gasteiger partial charge in [-0.05, 0) is 55.4 Å². The van der Waals surface area contributed by atoms with Gasteiger partial charge in [0.15, 0.2) is 0 Å². The minimum absolute atomic E-state index is 0.0306. The number of halogens is 2. The van der Waals surface area contributed by atoms with Crippen molar-refractivity contribution < 1.29 is 13.9 Å². The zero-order valence-corrected chi connectivity index (χ0v) is 14.9. The third kappa shape index (κ3) is 7.54. The van der Waals surface area contributed by atoms with E-state index in [4.69, 9.17) is 16.3 Å². The first-order valence-corrected chi connectivity index (χ1v) is 8.49. The number of benzene rings is 2. The van der Waals surface area contributed by atoms with Crippen molar-refractivity contribution in [2.75, 3.05) is 26.7 Å². The smallest absolute Gasteiger partial charge is 0.234 e. The summed E-state index contributed by atoms with van der Waals surface area (Å²) in [5.41, 5.74) is 1.01. The van der Waals surface area contributed by atoms with E-state index in [2.05, 4.69) is 5.32 Å². The molecule has 0 aliphatic carbocycles. The second kappa shape index (κ2) is 10.0. The van der Waals surface area contributed by atoms with Gasteiger partial charge in [0, 0.05) is 18.1 Å². The molecule has 2 rings (SSSR count). The van der Waals surface area contributed by atoms with E-state index >= 15 is 0 Å². The van der Waals surface area contributed by atoms with Crippen LogP contribution in [0.15, 0.2) is 48.5 Å². The summed E-state index contributed by atoms with van der Waals surface area (Å²) in [6, 6.07) is 13.3. The van der Waals surface area contributed by atoms with Gasteiger partial charge in [-0.1, -0.05) is 23.7 Å². The maximum atomic E-state index is 12.8. The molecule has 134 valence electrons. The molecule has 0 saturated carbocycles. The molecule has 2 aromatic carbocycles. The zero-order chi connectivity index (χ0) is 18.1. The quantitative estimate of drug-likeness (QED) is 0.692. The summed E-state index contributed by atoms with van der Waals surface area (Å²) >= 11 is 5.83. The molecule has 0 radical (unpaired) electrons. The number of amides is 1. The van der Waals surface area contributed by atoms with E-state index in [0.717, 1.165) is 18.5 Å². The number of nitrogens with one attached hydrogen (secondary N) is 1. The first-order valence-electron chi connectivity index (χ1n) is 8.11. The summed E-state index contributed by atoms with van der Waals surface area (Å²) < 4.78 is 18.3. The Labute approximate surface area is 152 Å². The van der Waals surface area contributed by atoms with Crippen molar-refractivity contribution >= 4 is 17.5 Å². The third-order valence-corrected chi connectivity index (χ3v) is 3.83. The third-order valence-electron chi connectivity index (χ3n) is 3.58. The van der Waals surface area contributed by atoms with E-state index in [1.807, 2.05) is 24.1 Å². The van der Waals surface area contributed by atoms with Crippen LogP contribution in [-0.2, 0) is 11.3 Å². The van der Waals surface area contributed by atoms with Gasteiger partial charge in [-0.3, -0.25) is 9.69 Å². The van der Waals surface area contributed by atoms with Crippen molar-refractivity contribution in [3.8, 4) is 5.75 Å². The molecule has 4 nitrogen and oxygen atoms in total. The first-order chi connectivity index (χ1) is 12.0. The minimum atomic E-state index is -0.281. The average molecular weight is 365 g/mol. The lowest BCUT2D eigenvalue weighted by Gasteiger charge is -2.16. The molecular formula is C19H22ClFN2O2. The molecule has 6 heteroatoms. The summed E-state index contributed by atoms with van der Waals surface area (Å²) in [6.45, 7) is 2.06. The standard InChI is InChI=1S/C19H22ClFN2O2/c1-23(11-2-12-25-18-9-7-17(21)8-10-18)14-19(24)22-13-15-3-5-16(20)6-4-15/h3-10H,2,11-14H2,1H3,(H,22,24). The normalized spacial score (nSPS) is 10.7. The predicted molar refractivity (Wildman–Crippen MR) is 97.3 cm³/mol. The molecule has 0 bridgehead atoms. The summed E-state index contributed by atoms with van der Waals surface area (Å²) in [4.78, 5) is 13.9. The van der Waals surface area contributed by atoms with E-state index < -0.39 is 0 Å². The topological polar surface area (TPSA) is 41.6 Å². The second-order valence-electron chi connectivity index (χ2n) is 5.80.